The van der Waals surface area contributed by atoms with Crippen LogP contribution in [0.5, 0.6) is 5.75 Å². The minimum Gasteiger partial charge on any atom is -0.497 e. The number of likely N-dealkylation sites (tertiary alicyclic amines) is 1. The Kier molecular flexibility index (Phi) is 9.22. The van der Waals surface area contributed by atoms with Crippen molar-refractivity contribution in [1.29, 1.82) is 0 Å². The number of anilines is 1. The Morgan fingerprint density at radius 2 is 1.74 bits per heavy atom. The lowest BCUT2D eigenvalue weighted by Gasteiger charge is -2.32. The molecule has 3 rings (SSSR count). The van der Waals surface area contributed by atoms with Crippen molar-refractivity contribution in [3.63, 3.8) is 0 Å². The van der Waals surface area contributed by atoms with Crippen LogP contribution < -0.4 is 20.7 Å². The number of benzene rings is 2. The second-order valence-corrected chi connectivity index (χ2v) is 8.31. The third kappa shape index (κ3) is 8.04. The molecular formula is C26H32N4O4. The molecule has 34 heavy (non-hydrogen) atoms. The molecule has 1 aliphatic heterocycles. The van der Waals surface area contributed by atoms with Crippen molar-refractivity contribution < 1.29 is 19.1 Å². The molecular weight excluding hydrogens is 432 g/mol. The number of nitrogens with zero attached hydrogens (tertiary/aromatic N) is 1. The minimum atomic E-state index is -0.650. The molecule has 1 unspecified atom stereocenters. The number of hydrogen-bond donors (Lipinski definition) is 3. The van der Waals surface area contributed by atoms with E-state index in [2.05, 4.69) is 20.9 Å². The molecule has 0 radical (unpaired) electrons. The van der Waals surface area contributed by atoms with Gasteiger partial charge in [0.05, 0.1) is 13.7 Å². The van der Waals surface area contributed by atoms with Gasteiger partial charge in [0.2, 0.25) is 17.7 Å². The van der Waals surface area contributed by atoms with E-state index in [0.717, 1.165) is 42.9 Å². The Labute approximate surface area is 200 Å². The maximum atomic E-state index is 12.5. The van der Waals surface area contributed by atoms with Crippen LogP contribution in [-0.4, -0.2) is 61.4 Å². The summed E-state index contributed by atoms with van der Waals surface area (Å²) in [6.45, 7) is 3.43. The van der Waals surface area contributed by atoms with Gasteiger partial charge in [0.1, 0.15) is 11.8 Å². The highest BCUT2D eigenvalue weighted by molar-refractivity contribution is 5.95. The predicted octanol–water partition coefficient (Wildman–Crippen LogP) is 2.43. The standard InChI is InChI=1S/C26H32N4O4/c1-19(27-24(31)13-10-20-8-11-23(34-2)12-9-20)26(33)29-22-14-16-30(17-15-22)18-25(32)28-21-6-4-3-5-7-21/h3-13,19,22H,14-18H2,1-2H3,(H,27,31)(H,28,32)(H,29,33)/b13-10+. The van der Waals surface area contributed by atoms with Crippen molar-refractivity contribution in [2.45, 2.75) is 31.8 Å². The van der Waals surface area contributed by atoms with Crippen LogP contribution in [0.1, 0.15) is 25.3 Å². The average Bonchev–Trinajstić information content (AvgIpc) is 2.84. The maximum absolute atomic E-state index is 12.5. The summed E-state index contributed by atoms with van der Waals surface area (Å²) in [7, 11) is 1.60. The highest BCUT2D eigenvalue weighted by atomic mass is 16.5. The number of hydrogen-bond acceptors (Lipinski definition) is 5. The van der Waals surface area contributed by atoms with Gasteiger partial charge in [-0.25, -0.2) is 0 Å². The van der Waals surface area contributed by atoms with Gasteiger partial charge >= 0.3 is 0 Å². The Bertz CT molecular complexity index is 984. The van der Waals surface area contributed by atoms with Crippen molar-refractivity contribution in [3.05, 3.63) is 66.2 Å². The number of para-hydroxylation sites is 1. The van der Waals surface area contributed by atoms with Crippen molar-refractivity contribution in [1.82, 2.24) is 15.5 Å². The first-order chi connectivity index (χ1) is 16.4. The number of carbonyl (C=O) groups excluding carboxylic acids is 3. The number of carbonyl (C=O) groups is 3. The van der Waals surface area contributed by atoms with Gasteiger partial charge < -0.3 is 20.7 Å². The summed E-state index contributed by atoms with van der Waals surface area (Å²) in [5.74, 6) is 0.144. The second kappa shape index (κ2) is 12.6. The zero-order valence-corrected chi connectivity index (χ0v) is 19.6. The van der Waals surface area contributed by atoms with E-state index in [-0.39, 0.29) is 23.8 Å². The molecule has 1 atom stereocenters. The molecule has 1 heterocycles. The molecule has 3 amide bonds. The summed E-state index contributed by atoms with van der Waals surface area (Å²) < 4.78 is 5.11. The molecule has 8 heteroatoms. The summed E-state index contributed by atoms with van der Waals surface area (Å²) in [6, 6.07) is 16.1. The monoisotopic (exact) mass is 464 g/mol. The molecule has 3 N–H and O–H groups in total. The predicted molar refractivity (Wildman–Crippen MR) is 132 cm³/mol. The molecule has 1 aliphatic rings. The van der Waals surface area contributed by atoms with Crippen LogP contribution in [0.4, 0.5) is 5.69 Å². The SMILES string of the molecule is COc1ccc(/C=C/C(=O)NC(C)C(=O)NC2CCN(CC(=O)Nc3ccccc3)CC2)cc1. The van der Waals surface area contributed by atoms with E-state index < -0.39 is 6.04 Å². The third-order valence-corrected chi connectivity index (χ3v) is 5.65. The number of ether oxygens (including phenoxy) is 1. The summed E-state index contributed by atoms with van der Waals surface area (Å²) in [5, 5.41) is 8.59. The van der Waals surface area contributed by atoms with Crippen LogP contribution in [-0.2, 0) is 14.4 Å². The van der Waals surface area contributed by atoms with Gasteiger partial charge in [-0.15, -0.1) is 0 Å². The van der Waals surface area contributed by atoms with E-state index >= 15 is 0 Å². The number of methoxy groups -OCH3 is 1. The van der Waals surface area contributed by atoms with Crippen LogP contribution in [0.2, 0.25) is 0 Å². The van der Waals surface area contributed by atoms with E-state index in [1.54, 1.807) is 20.1 Å². The Morgan fingerprint density at radius 3 is 2.38 bits per heavy atom. The summed E-state index contributed by atoms with van der Waals surface area (Å²) in [5.41, 5.74) is 1.64. The zero-order chi connectivity index (χ0) is 24.3. The quantitative estimate of drug-likeness (QED) is 0.495. The second-order valence-electron chi connectivity index (χ2n) is 8.31. The van der Waals surface area contributed by atoms with Crippen LogP contribution >= 0.6 is 0 Å². The van der Waals surface area contributed by atoms with Crippen LogP contribution in [0.3, 0.4) is 0 Å². The Balaban J connectivity index is 1.36. The molecule has 0 bridgehead atoms. The van der Waals surface area contributed by atoms with E-state index in [9.17, 15) is 14.4 Å². The van der Waals surface area contributed by atoms with E-state index in [1.165, 1.54) is 6.08 Å². The first-order valence-corrected chi connectivity index (χ1v) is 11.4. The van der Waals surface area contributed by atoms with Crippen molar-refractivity contribution in [2.24, 2.45) is 0 Å². The zero-order valence-electron chi connectivity index (χ0n) is 19.6. The molecule has 0 saturated carbocycles. The first kappa shape index (κ1) is 25.0. The highest BCUT2D eigenvalue weighted by Gasteiger charge is 2.24. The molecule has 0 aromatic heterocycles. The van der Waals surface area contributed by atoms with Crippen molar-refractivity contribution in [3.8, 4) is 5.75 Å². The molecule has 1 fully saturated rings. The summed E-state index contributed by atoms with van der Waals surface area (Å²) in [4.78, 5) is 39.0. The van der Waals surface area contributed by atoms with Crippen LogP contribution in [0.15, 0.2) is 60.7 Å². The van der Waals surface area contributed by atoms with Crippen LogP contribution in [0.25, 0.3) is 6.08 Å². The van der Waals surface area contributed by atoms with Crippen molar-refractivity contribution in [2.75, 3.05) is 32.1 Å². The van der Waals surface area contributed by atoms with Gasteiger partial charge in [0.25, 0.3) is 0 Å². The molecule has 2 aromatic rings. The number of nitrogens with one attached hydrogen (secondary N) is 3. The largest absolute Gasteiger partial charge is 0.497 e. The first-order valence-electron chi connectivity index (χ1n) is 11.4. The maximum Gasteiger partial charge on any atom is 0.244 e. The van der Waals surface area contributed by atoms with Gasteiger partial charge in [0, 0.05) is 30.9 Å². The molecule has 2 aromatic carbocycles. The normalized spacial score (nSPS) is 15.5. The number of amides is 3. The fourth-order valence-electron chi connectivity index (χ4n) is 3.70. The molecule has 0 aliphatic carbocycles. The van der Waals surface area contributed by atoms with E-state index in [4.69, 9.17) is 4.74 Å². The topological polar surface area (TPSA) is 99.8 Å². The van der Waals surface area contributed by atoms with Gasteiger partial charge in [-0.3, -0.25) is 19.3 Å². The van der Waals surface area contributed by atoms with Crippen molar-refractivity contribution >= 4 is 29.5 Å². The summed E-state index contributed by atoms with van der Waals surface area (Å²) >= 11 is 0. The van der Waals surface area contributed by atoms with Gasteiger partial charge in [0.15, 0.2) is 0 Å². The van der Waals surface area contributed by atoms with E-state index in [1.807, 2.05) is 54.6 Å². The summed E-state index contributed by atoms with van der Waals surface area (Å²) in [6.07, 6.45) is 4.60. The Morgan fingerprint density at radius 1 is 1.06 bits per heavy atom. The lowest BCUT2D eigenvalue weighted by molar-refractivity contribution is -0.127. The molecule has 180 valence electrons. The van der Waals surface area contributed by atoms with Gasteiger partial charge in [-0.05, 0) is 55.7 Å². The van der Waals surface area contributed by atoms with Gasteiger partial charge in [-0.1, -0.05) is 30.3 Å². The van der Waals surface area contributed by atoms with Crippen LogP contribution in [0, 0.1) is 0 Å². The lowest BCUT2D eigenvalue weighted by atomic mass is 10.0. The van der Waals surface area contributed by atoms with E-state index in [0.29, 0.717) is 6.54 Å². The smallest absolute Gasteiger partial charge is 0.244 e. The minimum absolute atomic E-state index is 0.0233. The fraction of sp³-hybridized carbons (Fsp3) is 0.346. The number of piperidine rings is 1. The lowest BCUT2D eigenvalue weighted by Crippen LogP contribution is -2.51. The highest BCUT2D eigenvalue weighted by Crippen LogP contribution is 2.13. The molecule has 1 saturated heterocycles. The molecule has 0 spiro atoms. The third-order valence-electron chi connectivity index (χ3n) is 5.65. The number of rotatable bonds is 9. The molecule has 8 nitrogen and oxygen atoms in total. The van der Waals surface area contributed by atoms with Gasteiger partial charge in [-0.2, -0.15) is 0 Å². The average molecular weight is 465 g/mol. The Hall–Kier alpha value is -3.65. The fourth-order valence-corrected chi connectivity index (χ4v) is 3.70.